The quantitative estimate of drug-likeness (QED) is 0.706. The standard InChI is InChI=1S/C23H26N4O/c1-25-21-10-6-5-9-20(21)24-22(25)16-26-13-17-11-12-19(26)15-27(14-17)23(28)18-7-3-2-4-8-18/h2-10,17,19H,11-16H2,1H3/t17-,19-/m1/s1. The highest BCUT2D eigenvalue weighted by Crippen LogP contribution is 2.30. The fourth-order valence-electron chi connectivity index (χ4n) is 4.82. The number of rotatable bonds is 3. The minimum atomic E-state index is 0.169. The lowest BCUT2D eigenvalue weighted by Gasteiger charge is -2.35. The van der Waals surface area contributed by atoms with E-state index in [1.807, 2.05) is 36.4 Å². The molecule has 0 N–H and O–H groups in total. The van der Waals surface area contributed by atoms with Gasteiger partial charge >= 0.3 is 0 Å². The van der Waals surface area contributed by atoms with Crippen molar-refractivity contribution in [3.8, 4) is 0 Å². The molecule has 3 aliphatic heterocycles. The number of para-hydroxylation sites is 2. The molecule has 5 nitrogen and oxygen atoms in total. The smallest absolute Gasteiger partial charge is 0.253 e. The zero-order chi connectivity index (χ0) is 19.1. The van der Waals surface area contributed by atoms with Crippen molar-refractivity contribution >= 4 is 16.9 Å². The second kappa shape index (κ2) is 7.06. The van der Waals surface area contributed by atoms with Crippen LogP contribution in [0.25, 0.3) is 11.0 Å². The van der Waals surface area contributed by atoms with Crippen LogP contribution in [-0.2, 0) is 13.6 Å². The molecule has 1 aromatic heterocycles. The minimum absolute atomic E-state index is 0.169. The van der Waals surface area contributed by atoms with Gasteiger partial charge in [0.25, 0.3) is 5.91 Å². The van der Waals surface area contributed by atoms with Crippen molar-refractivity contribution in [1.82, 2.24) is 19.4 Å². The van der Waals surface area contributed by atoms with Crippen LogP contribution in [0.5, 0.6) is 0 Å². The summed E-state index contributed by atoms with van der Waals surface area (Å²) in [4.78, 5) is 22.5. The number of benzene rings is 2. The van der Waals surface area contributed by atoms with Crippen LogP contribution in [0.2, 0.25) is 0 Å². The van der Waals surface area contributed by atoms with E-state index < -0.39 is 0 Å². The van der Waals surface area contributed by atoms with Crippen LogP contribution in [0.15, 0.2) is 54.6 Å². The number of hydrogen-bond acceptors (Lipinski definition) is 3. The van der Waals surface area contributed by atoms with Crippen molar-refractivity contribution in [2.45, 2.75) is 25.4 Å². The van der Waals surface area contributed by atoms with Crippen LogP contribution in [0.1, 0.15) is 29.0 Å². The summed E-state index contributed by atoms with van der Waals surface area (Å²) < 4.78 is 2.21. The molecule has 3 aromatic rings. The van der Waals surface area contributed by atoms with Crippen molar-refractivity contribution in [1.29, 1.82) is 0 Å². The first-order chi connectivity index (χ1) is 13.7. The maximum Gasteiger partial charge on any atom is 0.253 e. The molecule has 4 heterocycles. The molecule has 0 unspecified atom stereocenters. The Labute approximate surface area is 165 Å². The van der Waals surface area contributed by atoms with Crippen LogP contribution in [0.4, 0.5) is 0 Å². The molecule has 3 aliphatic rings. The largest absolute Gasteiger partial charge is 0.337 e. The molecule has 0 aliphatic carbocycles. The first kappa shape index (κ1) is 17.4. The molecular formula is C23H26N4O. The zero-order valence-corrected chi connectivity index (χ0v) is 16.3. The van der Waals surface area contributed by atoms with Crippen molar-refractivity contribution < 1.29 is 4.79 Å². The molecule has 6 rings (SSSR count). The van der Waals surface area contributed by atoms with Gasteiger partial charge in [-0.1, -0.05) is 30.3 Å². The third-order valence-corrected chi connectivity index (χ3v) is 6.36. The van der Waals surface area contributed by atoms with Crippen LogP contribution in [0.3, 0.4) is 0 Å². The van der Waals surface area contributed by atoms with Crippen molar-refractivity contribution in [2.75, 3.05) is 19.6 Å². The lowest BCUT2D eigenvalue weighted by molar-refractivity contribution is 0.0735. The minimum Gasteiger partial charge on any atom is -0.337 e. The van der Waals surface area contributed by atoms with E-state index in [0.717, 1.165) is 49.5 Å². The van der Waals surface area contributed by atoms with Crippen molar-refractivity contribution in [2.24, 2.45) is 13.0 Å². The van der Waals surface area contributed by atoms with Gasteiger partial charge in [0.2, 0.25) is 0 Å². The van der Waals surface area contributed by atoms with Gasteiger partial charge in [-0.2, -0.15) is 0 Å². The Balaban J connectivity index is 1.36. The van der Waals surface area contributed by atoms with E-state index in [9.17, 15) is 4.79 Å². The number of nitrogens with zero attached hydrogens (tertiary/aromatic N) is 4. The number of aromatic nitrogens is 2. The van der Waals surface area contributed by atoms with E-state index >= 15 is 0 Å². The SMILES string of the molecule is Cn1c(CN2C[C@H]3CC[C@@H]2CN(C(=O)c2ccccc2)C3)nc2ccccc21. The van der Waals surface area contributed by atoms with E-state index in [0.29, 0.717) is 12.0 Å². The number of fused-ring (bicyclic) bond motifs is 5. The van der Waals surface area contributed by atoms with Crippen molar-refractivity contribution in [3.05, 3.63) is 66.0 Å². The Hall–Kier alpha value is -2.66. The summed E-state index contributed by atoms with van der Waals surface area (Å²) in [5.41, 5.74) is 3.03. The number of aryl methyl sites for hydroxylation is 1. The number of carbonyl (C=O) groups excluding carboxylic acids is 1. The van der Waals surface area contributed by atoms with Gasteiger partial charge in [0, 0.05) is 38.3 Å². The number of carbonyl (C=O) groups is 1. The molecule has 2 atom stereocenters. The number of imidazole rings is 1. The Kier molecular flexibility index (Phi) is 4.40. The maximum absolute atomic E-state index is 13.0. The highest BCUT2D eigenvalue weighted by Gasteiger charge is 2.37. The predicted molar refractivity (Wildman–Crippen MR) is 110 cm³/mol. The van der Waals surface area contributed by atoms with Crippen LogP contribution in [-0.4, -0.2) is 50.9 Å². The number of piperidine rings is 1. The van der Waals surface area contributed by atoms with Gasteiger partial charge in [0.05, 0.1) is 17.6 Å². The average molecular weight is 374 g/mol. The number of hydrogen-bond donors (Lipinski definition) is 0. The Morgan fingerprint density at radius 1 is 1.00 bits per heavy atom. The van der Waals surface area contributed by atoms with E-state index in [-0.39, 0.29) is 5.91 Å². The molecule has 3 saturated heterocycles. The van der Waals surface area contributed by atoms with Crippen LogP contribution >= 0.6 is 0 Å². The number of amides is 1. The van der Waals surface area contributed by atoms with Crippen LogP contribution < -0.4 is 0 Å². The summed E-state index contributed by atoms with van der Waals surface area (Å²) in [5.74, 6) is 1.82. The van der Waals surface area contributed by atoms with Gasteiger partial charge in [0.15, 0.2) is 0 Å². The summed E-state index contributed by atoms with van der Waals surface area (Å²) in [7, 11) is 2.10. The second-order valence-corrected chi connectivity index (χ2v) is 8.18. The zero-order valence-electron chi connectivity index (χ0n) is 16.3. The van der Waals surface area contributed by atoms with Gasteiger partial charge in [0.1, 0.15) is 5.82 Å². The molecule has 3 fully saturated rings. The van der Waals surface area contributed by atoms with Crippen LogP contribution in [0, 0.1) is 5.92 Å². The molecule has 1 amide bonds. The fourth-order valence-corrected chi connectivity index (χ4v) is 4.82. The molecule has 0 spiro atoms. The maximum atomic E-state index is 13.0. The van der Waals surface area contributed by atoms with Crippen molar-refractivity contribution in [3.63, 3.8) is 0 Å². The first-order valence-electron chi connectivity index (χ1n) is 10.2. The predicted octanol–water partition coefficient (Wildman–Crippen LogP) is 3.31. The highest BCUT2D eigenvalue weighted by atomic mass is 16.2. The summed E-state index contributed by atoms with van der Waals surface area (Å²) in [6.07, 6.45) is 2.37. The first-order valence-corrected chi connectivity index (χ1v) is 10.2. The molecule has 2 aromatic carbocycles. The van der Waals surface area contributed by atoms with E-state index in [1.165, 1.54) is 11.9 Å². The Morgan fingerprint density at radius 2 is 1.79 bits per heavy atom. The van der Waals surface area contributed by atoms with Gasteiger partial charge in [-0.25, -0.2) is 4.98 Å². The summed E-state index contributed by atoms with van der Waals surface area (Å²) >= 11 is 0. The summed E-state index contributed by atoms with van der Waals surface area (Å²) in [6, 6.07) is 18.4. The average Bonchev–Trinajstić information content (AvgIpc) is 2.89. The lowest BCUT2D eigenvalue weighted by atomic mass is 9.95. The summed E-state index contributed by atoms with van der Waals surface area (Å²) in [5, 5.41) is 0. The Morgan fingerprint density at radius 3 is 2.61 bits per heavy atom. The second-order valence-electron chi connectivity index (χ2n) is 8.18. The third kappa shape index (κ3) is 3.10. The molecule has 28 heavy (non-hydrogen) atoms. The Bertz CT molecular complexity index is 996. The topological polar surface area (TPSA) is 41.4 Å². The van der Waals surface area contributed by atoms with E-state index in [2.05, 4.69) is 39.6 Å². The van der Waals surface area contributed by atoms with Gasteiger partial charge < -0.3 is 9.47 Å². The lowest BCUT2D eigenvalue weighted by Crippen LogP contribution is -2.44. The fraction of sp³-hybridized carbons (Fsp3) is 0.391. The third-order valence-electron chi connectivity index (χ3n) is 6.36. The van der Waals surface area contributed by atoms with Gasteiger partial charge in [-0.05, 0) is 43.0 Å². The molecule has 5 heteroatoms. The molecule has 0 saturated carbocycles. The molecule has 144 valence electrons. The van der Waals surface area contributed by atoms with Gasteiger partial charge in [-0.3, -0.25) is 9.69 Å². The summed E-state index contributed by atoms with van der Waals surface area (Å²) in [6.45, 7) is 3.57. The molecule has 2 bridgehead atoms. The monoisotopic (exact) mass is 374 g/mol. The van der Waals surface area contributed by atoms with E-state index in [1.54, 1.807) is 0 Å². The van der Waals surface area contributed by atoms with Gasteiger partial charge in [-0.15, -0.1) is 0 Å². The normalized spacial score (nSPS) is 22.5. The highest BCUT2D eigenvalue weighted by molar-refractivity contribution is 5.94. The van der Waals surface area contributed by atoms with E-state index in [4.69, 9.17) is 4.98 Å². The molecule has 0 radical (unpaired) electrons. The molecular weight excluding hydrogens is 348 g/mol.